The number of hydrogen-bond donors (Lipinski definition) is 3. The first-order valence-corrected chi connectivity index (χ1v) is 8.49. The molecule has 2 rings (SSSR count). The molecule has 0 aliphatic rings. The molecule has 2 aromatic carbocycles. The zero-order chi connectivity index (χ0) is 18.2. The molecule has 0 saturated carbocycles. The number of benzene rings is 2. The second-order valence-corrected chi connectivity index (χ2v) is 6.10. The summed E-state index contributed by atoms with van der Waals surface area (Å²) in [7, 11) is 0. The van der Waals surface area contributed by atoms with Crippen LogP contribution < -0.4 is 16.0 Å². The van der Waals surface area contributed by atoms with Gasteiger partial charge in [-0.1, -0.05) is 19.1 Å². The van der Waals surface area contributed by atoms with E-state index in [0.717, 1.165) is 28.9 Å². The van der Waals surface area contributed by atoms with E-state index in [0.29, 0.717) is 12.1 Å². The number of carbonyl (C=O) groups is 2. The fourth-order valence-corrected chi connectivity index (χ4v) is 2.39. The van der Waals surface area contributed by atoms with Crippen LogP contribution in [-0.2, 0) is 9.59 Å². The highest BCUT2D eigenvalue weighted by molar-refractivity contribution is 5.94. The second-order valence-electron chi connectivity index (χ2n) is 6.10. The van der Waals surface area contributed by atoms with Crippen molar-refractivity contribution >= 4 is 28.9 Å². The Kier molecular flexibility index (Phi) is 6.57. The molecule has 0 bridgehead atoms. The standard InChI is InChI=1S/C20H25N3O2/c1-4-5-19(24)22-16-8-10-17(11-9-16)23-20(25)13-21-18-12-14(2)6-7-15(18)3/h6-12,21H,4-5,13H2,1-3H3,(H,22,24)(H,23,25). The maximum Gasteiger partial charge on any atom is 0.243 e. The van der Waals surface area contributed by atoms with Gasteiger partial charge in [0, 0.05) is 23.5 Å². The number of rotatable bonds is 7. The Morgan fingerprint density at radius 3 is 2.08 bits per heavy atom. The highest BCUT2D eigenvalue weighted by Crippen LogP contribution is 2.17. The first kappa shape index (κ1) is 18.5. The predicted molar refractivity (Wildman–Crippen MR) is 103 cm³/mol. The zero-order valence-electron chi connectivity index (χ0n) is 15.0. The molecule has 0 heterocycles. The summed E-state index contributed by atoms with van der Waals surface area (Å²) in [4.78, 5) is 23.6. The molecule has 0 atom stereocenters. The molecule has 0 spiro atoms. The van der Waals surface area contributed by atoms with E-state index in [1.54, 1.807) is 24.3 Å². The van der Waals surface area contributed by atoms with Crippen LogP contribution in [0.25, 0.3) is 0 Å². The van der Waals surface area contributed by atoms with E-state index < -0.39 is 0 Å². The van der Waals surface area contributed by atoms with Crippen molar-refractivity contribution in [2.45, 2.75) is 33.6 Å². The van der Waals surface area contributed by atoms with Crippen LogP contribution in [0.1, 0.15) is 30.9 Å². The maximum absolute atomic E-state index is 12.1. The van der Waals surface area contributed by atoms with E-state index in [4.69, 9.17) is 0 Å². The van der Waals surface area contributed by atoms with Crippen LogP contribution in [0.4, 0.5) is 17.1 Å². The third-order valence-corrected chi connectivity index (χ3v) is 3.76. The minimum absolute atomic E-state index is 0.00277. The summed E-state index contributed by atoms with van der Waals surface area (Å²) in [5.41, 5.74) is 4.63. The number of amides is 2. The van der Waals surface area contributed by atoms with Crippen molar-refractivity contribution in [1.29, 1.82) is 0 Å². The van der Waals surface area contributed by atoms with E-state index in [1.165, 1.54) is 0 Å². The lowest BCUT2D eigenvalue weighted by atomic mass is 10.1. The Balaban J connectivity index is 1.86. The molecule has 0 saturated heterocycles. The average Bonchev–Trinajstić information content (AvgIpc) is 2.58. The zero-order valence-corrected chi connectivity index (χ0v) is 15.0. The van der Waals surface area contributed by atoms with E-state index in [9.17, 15) is 9.59 Å². The van der Waals surface area contributed by atoms with Crippen LogP contribution in [0.5, 0.6) is 0 Å². The first-order chi connectivity index (χ1) is 12.0. The highest BCUT2D eigenvalue weighted by Gasteiger charge is 2.05. The normalized spacial score (nSPS) is 10.2. The molecule has 0 unspecified atom stereocenters. The van der Waals surface area contributed by atoms with Gasteiger partial charge < -0.3 is 16.0 Å². The molecule has 2 amide bonds. The van der Waals surface area contributed by atoms with Crippen LogP contribution in [0.15, 0.2) is 42.5 Å². The molecule has 0 aliphatic carbocycles. The Morgan fingerprint density at radius 2 is 1.48 bits per heavy atom. The van der Waals surface area contributed by atoms with E-state index in [1.807, 2.05) is 39.0 Å². The predicted octanol–water partition coefficient (Wildman–Crippen LogP) is 4.09. The van der Waals surface area contributed by atoms with Crippen molar-refractivity contribution in [1.82, 2.24) is 0 Å². The van der Waals surface area contributed by atoms with Crippen molar-refractivity contribution in [3.8, 4) is 0 Å². The molecule has 0 fully saturated rings. The Labute approximate surface area is 148 Å². The Bertz CT molecular complexity index is 739. The first-order valence-electron chi connectivity index (χ1n) is 8.49. The van der Waals surface area contributed by atoms with Crippen molar-refractivity contribution in [3.63, 3.8) is 0 Å². The fourth-order valence-electron chi connectivity index (χ4n) is 2.39. The van der Waals surface area contributed by atoms with Gasteiger partial charge in [-0.15, -0.1) is 0 Å². The van der Waals surface area contributed by atoms with Crippen LogP contribution in [-0.4, -0.2) is 18.4 Å². The van der Waals surface area contributed by atoms with E-state index in [2.05, 4.69) is 16.0 Å². The Morgan fingerprint density at radius 1 is 0.880 bits per heavy atom. The molecular formula is C20H25N3O2. The largest absolute Gasteiger partial charge is 0.376 e. The molecule has 5 heteroatoms. The van der Waals surface area contributed by atoms with Gasteiger partial charge in [0.2, 0.25) is 11.8 Å². The lowest BCUT2D eigenvalue weighted by molar-refractivity contribution is -0.116. The third-order valence-electron chi connectivity index (χ3n) is 3.76. The molecule has 5 nitrogen and oxygen atoms in total. The van der Waals surface area contributed by atoms with Crippen LogP contribution in [0.2, 0.25) is 0 Å². The summed E-state index contributed by atoms with van der Waals surface area (Å²) >= 11 is 0. The van der Waals surface area contributed by atoms with Gasteiger partial charge in [-0.05, 0) is 61.7 Å². The van der Waals surface area contributed by atoms with Crippen LogP contribution in [0.3, 0.4) is 0 Å². The molecule has 25 heavy (non-hydrogen) atoms. The van der Waals surface area contributed by atoms with Crippen molar-refractivity contribution in [2.75, 3.05) is 22.5 Å². The molecule has 2 aromatic rings. The summed E-state index contributed by atoms with van der Waals surface area (Å²) in [5.74, 6) is -0.124. The molecule has 3 N–H and O–H groups in total. The lowest BCUT2D eigenvalue weighted by Crippen LogP contribution is -2.22. The second kappa shape index (κ2) is 8.87. The van der Waals surface area contributed by atoms with Gasteiger partial charge in [0.05, 0.1) is 6.54 Å². The maximum atomic E-state index is 12.1. The third kappa shape index (κ3) is 5.95. The van der Waals surface area contributed by atoms with Crippen molar-refractivity contribution < 1.29 is 9.59 Å². The summed E-state index contributed by atoms with van der Waals surface area (Å²) in [6, 6.07) is 13.2. The highest BCUT2D eigenvalue weighted by atomic mass is 16.2. The molecule has 132 valence electrons. The fraction of sp³-hybridized carbons (Fsp3) is 0.300. The monoisotopic (exact) mass is 339 g/mol. The molecule has 0 aliphatic heterocycles. The SMILES string of the molecule is CCCC(=O)Nc1ccc(NC(=O)CNc2cc(C)ccc2C)cc1. The number of aryl methyl sites for hydroxylation is 2. The van der Waals surface area contributed by atoms with E-state index >= 15 is 0 Å². The summed E-state index contributed by atoms with van der Waals surface area (Å²) in [6.45, 7) is 6.18. The van der Waals surface area contributed by atoms with Crippen LogP contribution in [0, 0.1) is 13.8 Å². The molecule has 0 aromatic heterocycles. The number of hydrogen-bond acceptors (Lipinski definition) is 3. The minimum atomic E-state index is -0.122. The van der Waals surface area contributed by atoms with Gasteiger partial charge in [0.25, 0.3) is 0 Å². The topological polar surface area (TPSA) is 70.2 Å². The minimum Gasteiger partial charge on any atom is -0.376 e. The quantitative estimate of drug-likeness (QED) is 0.711. The van der Waals surface area contributed by atoms with Crippen molar-refractivity contribution in [2.24, 2.45) is 0 Å². The van der Waals surface area contributed by atoms with Gasteiger partial charge in [0.1, 0.15) is 0 Å². The lowest BCUT2D eigenvalue weighted by Gasteiger charge is -2.11. The summed E-state index contributed by atoms with van der Waals surface area (Å²) in [5, 5.41) is 8.81. The van der Waals surface area contributed by atoms with E-state index in [-0.39, 0.29) is 18.4 Å². The summed E-state index contributed by atoms with van der Waals surface area (Å²) < 4.78 is 0. The van der Waals surface area contributed by atoms with Crippen molar-refractivity contribution in [3.05, 3.63) is 53.6 Å². The number of nitrogens with one attached hydrogen (secondary N) is 3. The van der Waals surface area contributed by atoms with Gasteiger partial charge >= 0.3 is 0 Å². The van der Waals surface area contributed by atoms with Gasteiger partial charge in [-0.25, -0.2) is 0 Å². The molecule has 0 radical (unpaired) electrons. The van der Waals surface area contributed by atoms with Gasteiger partial charge in [0.15, 0.2) is 0 Å². The number of anilines is 3. The van der Waals surface area contributed by atoms with Gasteiger partial charge in [-0.3, -0.25) is 9.59 Å². The van der Waals surface area contributed by atoms with Gasteiger partial charge in [-0.2, -0.15) is 0 Å². The molecular weight excluding hydrogens is 314 g/mol. The number of carbonyl (C=O) groups excluding carboxylic acids is 2. The summed E-state index contributed by atoms with van der Waals surface area (Å²) in [6.07, 6.45) is 1.32. The average molecular weight is 339 g/mol. The Hall–Kier alpha value is -2.82. The van der Waals surface area contributed by atoms with Crippen LogP contribution >= 0.6 is 0 Å². The smallest absolute Gasteiger partial charge is 0.243 e.